The molecule has 7 heteroatoms. The van der Waals surface area contributed by atoms with Crippen LogP contribution in [0.5, 0.6) is 0 Å². The van der Waals surface area contributed by atoms with Crippen LogP contribution in [0.3, 0.4) is 0 Å². The molecule has 0 unspecified atom stereocenters. The fourth-order valence-electron chi connectivity index (χ4n) is 2.72. The summed E-state index contributed by atoms with van der Waals surface area (Å²) in [6, 6.07) is 16.8. The molecular formula is C21H19FN2O3S. The Hall–Kier alpha value is -3.19. The van der Waals surface area contributed by atoms with E-state index in [9.17, 15) is 17.6 Å². The molecule has 3 aromatic carbocycles. The van der Waals surface area contributed by atoms with Gasteiger partial charge in [0.15, 0.2) is 0 Å². The van der Waals surface area contributed by atoms with E-state index in [0.717, 1.165) is 5.56 Å². The summed E-state index contributed by atoms with van der Waals surface area (Å²) in [7, 11) is -3.89. The number of hydrogen-bond acceptors (Lipinski definition) is 3. The summed E-state index contributed by atoms with van der Waals surface area (Å²) in [5.41, 5.74) is 2.30. The van der Waals surface area contributed by atoms with Crippen LogP contribution < -0.4 is 10.0 Å². The summed E-state index contributed by atoms with van der Waals surface area (Å²) < 4.78 is 41.5. The summed E-state index contributed by atoms with van der Waals surface area (Å²) in [6.07, 6.45) is 0. The number of sulfonamides is 1. The number of nitrogens with one attached hydrogen (secondary N) is 2. The van der Waals surface area contributed by atoms with Crippen molar-refractivity contribution in [3.8, 4) is 0 Å². The third-order valence-corrected chi connectivity index (χ3v) is 5.62. The lowest BCUT2D eigenvalue weighted by molar-refractivity contribution is 0.102. The highest BCUT2D eigenvalue weighted by Gasteiger charge is 2.19. The first-order valence-corrected chi connectivity index (χ1v) is 10.00. The van der Waals surface area contributed by atoms with Gasteiger partial charge in [-0.05, 0) is 67.4 Å². The van der Waals surface area contributed by atoms with Gasteiger partial charge in [-0.15, -0.1) is 0 Å². The minimum absolute atomic E-state index is 0.000832. The number of hydrogen-bond donors (Lipinski definition) is 2. The molecule has 0 aliphatic heterocycles. The van der Waals surface area contributed by atoms with Crippen LogP contribution in [0, 0.1) is 19.7 Å². The Morgan fingerprint density at radius 2 is 1.61 bits per heavy atom. The van der Waals surface area contributed by atoms with Crippen LogP contribution in [0.1, 0.15) is 21.5 Å². The molecule has 144 valence electrons. The van der Waals surface area contributed by atoms with Gasteiger partial charge in [0, 0.05) is 16.9 Å². The van der Waals surface area contributed by atoms with Crippen LogP contribution >= 0.6 is 0 Å². The summed E-state index contributed by atoms with van der Waals surface area (Å²) in [4.78, 5) is 12.5. The second-order valence-corrected chi connectivity index (χ2v) is 8.07. The van der Waals surface area contributed by atoms with Crippen molar-refractivity contribution in [1.82, 2.24) is 0 Å². The molecule has 28 heavy (non-hydrogen) atoms. The second kappa shape index (κ2) is 7.82. The lowest BCUT2D eigenvalue weighted by Crippen LogP contribution is -2.17. The summed E-state index contributed by atoms with van der Waals surface area (Å²) in [6.45, 7) is 3.51. The van der Waals surface area contributed by atoms with Crippen molar-refractivity contribution in [2.24, 2.45) is 0 Å². The van der Waals surface area contributed by atoms with Crippen LogP contribution in [-0.2, 0) is 10.0 Å². The number of halogens is 1. The fourth-order valence-corrected chi connectivity index (χ4v) is 4.04. The van der Waals surface area contributed by atoms with Gasteiger partial charge in [0.1, 0.15) is 5.82 Å². The van der Waals surface area contributed by atoms with Crippen molar-refractivity contribution >= 4 is 27.3 Å². The summed E-state index contributed by atoms with van der Waals surface area (Å²) in [5.74, 6) is -1.01. The van der Waals surface area contributed by atoms with E-state index in [4.69, 9.17) is 0 Å². The predicted molar refractivity (Wildman–Crippen MR) is 108 cm³/mol. The Morgan fingerprint density at radius 1 is 0.893 bits per heavy atom. The molecule has 3 aromatic rings. The lowest BCUT2D eigenvalue weighted by atomic mass is 10.1. The summed E-state index contributed by atoms with van der Waals surface area (Å²) in [5, 5.41) is 2.56. The van der Waals surface area contributed by atoms with E-state index >= 15 is 0 Å². The Labute approximate surface area is 163 Å². The molecule has 0 heterocycles. The highest BCUT2D eigenvalue weighted by Crippen LogP contribution is 2.22. The van der Waals surface area contributed by atoms with Gasteiger partial charge in [0.25, 0.3) is 15.9 Å². The Bertz CT molecular complexity index is 1140. The standard InChI is InChI=1S/C21H19FN2O3S/c1-14-5-3-8-19(11-14)24-28(26,27)20-12-16(10-9-15(20)2)21(25)23-18-7-4-6-17(22)13-18/h3-13,24H,1-2H3,(H,23,25). The van der Waals surface area contributed by atoms with Crippen LogP contribution in [0.15, 0.2) is 71.6 Å². The molecule has 0 radical (unpaired) electrons. The maximum Gasteiger partial charge on any atom is 0.262 e. The van der Waals surface area contributed by atoms with Crippen LogP contribution in [-0.4, -0.2) is 14.3 Å². The minimum atomic E-state index is -3.89. The normalized spacial score (nSPS) is 11.1. The number of amides is 1. The minimum Gasteiger partial charge on any atom is -0.322 e. The molecule has 0 saturated heterocycles. The molecule has 0 fully saturated rings. The van der Waals surface area contributed by atoms with Gasteiger partial charge in [0.2, 0.25) is 0 Å². The largest absolute Gasteiger partial charge is 0.322 e. The smallest absolute Gasteiger partial charge is 0.262 e. The third kappa shape index (κ3) is 4.55. The number of carbonyl (C=O) groups excluding carboxylic acids is 1. The number of anilines is 2. The highest BCUT2D eigenvalue weighted by molar-refractivity contribution is 7.92. The van der Waals surface area contributed by atoms with Crippen molar-refractivity contribution in [2.45, 2.75) is 18.7 Å². The molecule has 0 aromatic heterocycles. The quantitative estimate of drug-likeness (QED) is 0.665. The Kier molecular flexibility index (Phi) is 5.46. The van der Waals surface area contributed by atoms with Gasteiger partial charge in [-0.3, -0.25) is 9.52 Å². The van der Waals surface area contributed by atoms with E-state index in [1.54, 1.807) is 37.3 Å². The van der Waals surface area contributed by atoms with Gasteiger partial charge < -0.3 is 5.32 Å². The van der Waals surface area contributed by atoms with Crippen LogP contribution in [0.25, 0.3) is 0 Å². The van der Waals surface area contributed by atoms with E-state index in [1.165, 1.54) is 30.3 Å². The van der Waals surface area contributed by atoms with E-state index in [-0.39, 0.29) is 16.1 Å². The first-order valence-electron chi connectivity index (χ1n) is 8.52. The zero-order valence-corrected chi connectivity index (χ0v) is 16.2. The number of carbonyl (C=O) groups is 1. The van der Waals surface area contributed by atoms with E-state index in [0.29, 0.717) is 11.3 Å². The molecule has 0 saturated carbocycles. The van der Waals surface area contributed by atoms with Gasteiger partial charge in [-0.1, -0.05) is 24.3 Å². The first-order chi connectivity index (χ1) is 13.2. The molecule has 0 aliphatic rings. The zero-order chi connectivity index (χ0) is 20.3. The molecule has 1 amide bonds. The van der Waals surface area contributed by atoms with Gasteiger partial charge in [-0.25, -0.2) is 12.8 Å². The van der Waals surface area contributed by atoms with Crippen LogP contribution in [0.2, 0.25) is 0 Å². The SMILES string of the molecule is Cc1cccc(NS(=O)(=O)c2cc(C(=O)Nc3cccc(F)c3)ccc2C)c1. The Balaban J connectivity index is 1.89. The predicted octanol–water partition coefficient (Wildman–Crippen LogP) is 4.50. The average Bonchev–Trinajstić information content (AvgIpc) is 2.61. The first kappa shape index (κ1) is 19.6. The molecule has 0 atom stereocenters. The monoisotopic (exact) mass is 398 g/mol. The van der Waals surface area contributed by atoms with E-state index < -0.39 is 21.7 Å². The van der Waals surface area contributed by atoms with E-state index in [2.05, 4.69) is 10.0 Å². The van der Waals surface area contributed by atoms with Crippen molar-refractivity contribution < 1.29 is 17.6 Å². The third-order valence-electron chi connectivity index (χ3n) is 4.09. The topological polar surface area (TPSA) is 75.3 Å². The molecule has 0 aliphatic carbocycles. The van der Waals surface area contributed by atoms with Crippen molar-refractivity contribution in [3.63, 3.8) is 0 Å². The molecule has 0 spiro atoms. The Morgan fingerprint density at radius 3 is 2.32 bits per heavy atom. The van der Waals surface area contributed by atoms with E-state index in [1.807, 2.05) is 13.0 Å². The number of rotatable bonds is 5. The average molecular weight is 398 g/mol. The molecule has 3 rings (SSSR count). The summed E-state index contributed by atoms with van der Waals surface area (Å²) >= 11 is 0. The molecule has 0 bridgehead atoms. The maximum atomic E-state index is 13.3. The molecular weight excluding hydrogens is 379 g/mol. The fraction of sp³-hybridized carbons (Fsp3) is 0.0952. The van der Waals surface area contributed by atoms with Crippen molar-refractivity contribution in [3.05, 3.63) is 89.2 Å². The van der Waals surface area contributed by atoms with Gasteiger partial charge in [0.05, 0.1) is 4.90 Å². The molecule has 2 N–H and O–H groups in total. The second-order valence-electron chi connectivity index (χ2n) is 6.42. The van der Waals surface area contributed by atoms with Crippen LogP contribution in [0.4, 0.5) is 15.8 Å². The van der Waals surface area contributed by atoms with Gasteiger partial charge in [-0.2, -0.15) is 0 Å². The van der Waals surface area contributed by atoms with Crippen molar-refractivity contribution in [2.75, 3.05) is 10.0 Å². The number of aryl methyl sites for hydroxylation is 2. The zero-order valence-electron chi connectivity index (χ0n) is 15.4. The molecule has 5 nitrogen and oxygen atoms in total. The van der Waals surface area contributed by atoms with Crippen molar-refractivity contribution in [1.29, 1.82) is 0 Å². The highest BCUT2D eigenvalue weighted by atomic mass is 32.2. The lowest BCUT2D eigenvalue weighted by Gasteiger charge is -2.13. The number of benzene rings is 3. The van der Waals surface area contributed by atoms with Gasteiger partial charge >= 0.3 is 0 Å². The maximum absolute atomic E-state index is 13.3.